The number of carbonyl (C=O) groups is 1. The first-order chi connectivity index (χ1) is 16.1. The molecule has 0 aliphatic heterocycles. The number of urea groups is 1. The number of nitrogen functional groups attached to an aromatic ring is 1. The summed E-state index contributed by atoms with van der Waals surface area (Å²) in [6.45, 7) is 7.92. The summed E-state index contributed by atoms with van der Waals surface area (Å²) in [7, 11) is 0. The molecule has 8 nitrogen and oxygen atoms in total. The molecule has 174 valence electrons. The van der Waals surface area contributed by atoms with Gasteiger partial charge >= 0.3 is 6.03 Å². The molecule has 0 saturated heterocycles. The Morgan fingerprint density at radius 3 is 2.44 bits per heavy atom. The van der Waals surface area contributed by atoms with Crippen molar-refractivity contribution in [2.45, 2.75) is 33.2 Å². The average molecular weight is 460 g/mol. The first-order valence-electron chi connectivity index (χ1n) is 10.7. The minimum absolute atomic E-state index is 0.0949. The van der Waals surface area contributed by atoms with Crippen LogP contribution in [-0.2, 0) is 5.54 Å². The van der Waals surface area contributed by atoms with E-state index in [-0.39, 0.29) is 17.1 Å². The molecule has 4 rings (SSSR count). The van der Waals surface area contributed by atoms with Crippen LogP contribution in [0, 0.1) is 12.7 Å². The van der Waals surface area contributed by atoms with E-state index in [1.165, 1.54) is 18.3 Å². The Balaban J connectivity index is 1.71. The molecule has 0 bridgehead atoms. The third kappa shape index (κ3) is 5.03. The van der Waals surface area contributed by atoms with Gasteiger partial charge in [0.1, 0.15) is 11.5 Å². The molecule has 0 fully saturated rings. The van der Waals surface area contributed by atoms with E-state index >= 15 is 4.39 Å². The minimum Gasteiger partial charge on any atom is -0.368 e. The zero-order valence-electron chi connectivity index (χ0n) is 19.4. The molecule has 9 heteroatoms. The fourth-order valence-corrected chi connectivity index (χ4v) is 3.44. The van der Waals surface area contributed by atoms with Gasteiger partial charge in [0.2, 0.25) is 5.95 Å². The molecule has 4 aromatic rings. The second-order valence-electron chi connectivity index (χ2n) is 8.95. The first-order valence-corrected chi connectivity index (χ1v) is 10.7. The summed E-state index contributed by atoms with van der Waals surface area (Å²) in [4.78, 5) is 20.7. The predicted molar refractivity (Wildman–Crippen MR) is 132 cm³/mol. The summed E-state index contributed by atoms with van der Waals surface area (Å²) < 4.78 is 16.8. The molecule has 0 aliphatic carbocycles. The van der Waals surface area contributed by atoms with E-state index in [2.05, 4.69) is 25.7 Å². The van der Waals surface area contributed by atoms with E-state index in [0.717, 1.165) is 5.56 Å². The normalized spacial score (nSPS) is 11.3. The SMILES string of the molecule is Cc1cccc(NC(=O)Nc2ccc(F)c(-c3cn(C(C)(C)C)nc3-c3ccnc(N)n3)c2)c1. The van der Waals surface area contributed by atoms with Gasteiger partial charge in [0.05, 0.1) is 11.2 Å². The van der Waals surface area contributed by atoms with Crippen molar-refractivity contribution in [3.63, 3.8) is 0 Å². The van der Waals surface area contributed by atoms with E-state index in [9.17, 15) is 4.79 Å². The second kappa shape index (κ2) is 8.93. The van der Waals surface area contributed by atoms with Crippen LogP contribution in [0.25, 0.3) is 22.5 Å². The zero-order chi connectivity index (χ0) is 24.5. The van der Waals surface area contributed by atoms with Crippen molar-refractivity contribution in [1.82, 2.24) is 19.7 Å². The van der Waals surface area contributed by atoms with Gasteiger partial charge in [0.25, 0.3) is 0 Å². The zero-order valence-corrected chi connectivity index (χ0v) is 19.4. The van der Waals surface area contributed by atoms with E-state index in [1.54, 1.807) is 29.1 Å². The third-order valence-corrected chi connectivity index (χ3v) is 5.11. The summed E-state index contributed by atoms with van der Waals surface area (Å²) in [5, 5.41) is 10.2. The van der Waals surface area contributed by atoms with Crippen LogP contribution in [0.4, 0.5) is 26.5 Å². The Bertz CT molecular complexity index is 1360. The lowest BCUT2D eigenvalue weighted by Crippen LogP contribution is -2.22. The van der Waals surface area contributed by atoms with E-state index in [1.807, 2.05) is 45.9 Å². The van der Waals surface area contributed by atoms with Gasteiger partial charge < -0.3 is 16.4 Å². The van der Waals surface area contributed by atoms with Crippen LogP contribution in [0.15, 0.2) is 60.9 Å². The highest BCUT2D eigenvalue weighted by Crippen LogP contribution is 2.35. The van der Waals surface area contributed by atoms with Gasteiger partial charge in [-0.05, 0) is 69.7 Å². The van der Waals surface area contributed by atoms with Gasteiger partial charge in [0.15, 0.2) is 0 Å². The lowest BCUT2D eigenvalue weighted by Gasteiger charge is -2.18. The number of benzene rings is 2. The molecule has 0 saturated carbocycles. The number of nitrogens with one attached hydrogen (secondary N) is 2. The number of anilines is 3. The highest BCUT2D eigenvalue weighted by molar-refractivity contribution is 6.00. The molecule has 2 aromatic heterocycles. The van der Waals surface area contributed by atoms with Crippen molar-refractivity contribution < 1.29 is 9.18 Å². The number of rotatable bonds is 4. The molecule has 0 radical (unpaired) electrons. The standard InChI is InChI=1S/C25H26FN7O/c1-15-6-5-7-16(12-15)29-24(34)30-17-8-9-20(26)18(13-17)19-14-33(25(2,3)4)32-22(19)21-10-11-28-23(27)31-21/h5-14H,1-4H3,(H2,27,28,31)(H2,29,30,34). The van der Waals surface area contributed by atoms with Crippen molar-refractivity contribution in [3.05, 3.63) is 72.3 Å². The van der Waals surface area contributed by atoms with Gasteiger partial charge in [-0.1, -0.05) is 12.1 Å². The van der Waals surface area contributed by atoms with Crippen LogP contribution in [0.3, 0.4) is 0 Å². The fraction of sp³-hybridized carbons (Fsp3) is 0.200. The van der Waals surface area contributed by atoms with Crippen molar-refractivity contribution in [1.29, 1.82) is 0 Å². The number of nitrogens with zero attached hydrogens (tertiary/aromatic N) is 4. The Hall–Kier alpha value is -4.27. The summed E-state index contributed by atoms with van der Waals surface area (Å²) in [5.74, 6) is -0.362. The van der Waals surface area contributed by atoms with Crippen molar-refractivity contribution in [3.8, 4) is 22.5 Å². The molecule has 4 N–H and O–H groups in total. The molecule has 2 amide bonds. The van der Waals surface area contributed by atoms with Gasteiger partial charge in [-0.15, -0.1) is 0 Å². The predicted octanol–water partition coefficient (Wildman–Crippen LogP) is 5.44. The van der Waals surface area contributed by atoms with Crippen LogP contribution in [-0.4, -0.2) is 25.8 Å². The number of amides is 2. The van der Waals surface area contributed by atoms with Gasteiger partial charge in [0, 0.05) is 34.9 Å². The molecule has 0 aliphatic rings. The summed E-state index contributed by atoms with van der Waals surface area (Å²) in [6.07, 6.45) is 3.30. The quantitative estimate of drug-likeness (QED) is 0.377. The number of hydrogen-bond acceptors (Lipinski definition) is 5. The first kappa shape index (κ1) is 22.9. The maximum absolute atomic E-state index is 15.0. The van der Waals surface area contributed by atoms with Crippen molar-refractivity contribution in [2.75, 3.05) is 16.4 Å². The number of carbonyl (C=O) groups excluding carboxylic acids is 1. The van der Waals surface area contributed by atoms with E-state index in [0.29, 0.717) is 28.3 Å². The fourth-order valence-electron chi connectivity index (χ4n) is 3.44. The minimum atomic E-state index is -0.457. The summed E-state index contributed by atoms with van der Waals surface area (Å²) in [5.41, 5.74) is 9.26. The van der Waals surface area contributed by atoms with Crippen LogP contribution >= 0.6 is 0 Å². The largest absolute Gasteiger partial charge is 0.368 e. The Morgan fingerprint density at radius 1 is 1.03 bits per heavy atom. The van der Waals surface area contributed by atoms with Crippen molar-refractivity contribution in [2.24, 2.45) is 0 Å². The number of nitrogens with two attached hydrogens (primary N) is 1. The second-order valence-corrected chi connectivity index (χ2v) is 8.95. The summed E-state index contributed by atoms with van der Waals surface area (Å²) >= 11 is 0. The summed E-state index contributed by atoms with van der Waals surface area (Å²) in [6, 6.07) is 13.1. The smallest absolute Gasteiger partial charge is 0.323 e. The maximum Gasteiger partial charge on any atom is 0.323 e. The van der Waals surface area contributed by atoms with Gasteiger partial charge in [-0.2, -0.15) is 5.10 Å². The number of halogens is 1. The van der Waals surface area contributed by atoms with E-state index < -0.39 is 11.8 Å². The molecule has 0 atom stereocenters. The van der Waals surface area contributed by atoms with Gasteiger partial charge in [-0.25, -0.2) is 19.2 Å². The highest BCUT2D eigenvalue weighted by Gasteiger charge is 2.23. The van der Waals surface area contributed by atoms with Crippen LogP contribution in [0.5, 0.6) is 0 Å². The lowest BCUT2D eigenvalue weighted by molar-refractivity contribution is 0.262. The van der Waals surface area contributed by atoms with Crippen molar-refractivity contribution >= 4 is 23.4 Å². The van der Waals surface area contributed by atoms with Crippen LogP contribution < -0.4 is 16.4 Å². The van der Waals surface area contributed by atoms with Crippen LogP contribution in [0.1, 0.15) is 26.3 Å². The molecule has 0 unspecified atom stereocenters. The number of aromatic nitrogens is 4. The molecular formula is C25H26FN7O. The topological polar surface area (TPSA) is 111 Å². The monoisotopic (exact) mass is 459 g/mol. The maximum atomic E-state index is 15.0. The highest BCUT2D eigenvalue weighted by atomic mass is 19.1. The molecule has 0 spiro atoms. The number of aryl methyl sites for hydroxylation is 1. The molecule has 34 heavy (non-hydrogen) atoms. The Kier molecular flexibility index (Phi) is 6.02. The Labute approximate surface area is 197 Å². The number of hydrogen-bond donors (Lipinski definition) is 3. The van der Waals surface area contributed by atoms with Gasteiger partial charge in [-0.3, -0.25) is 4.68 Å². The lowest BCUT2D eigenvalue weighted by atomic mass is 10.0. The Morgan fingerprint density at radius 2 is 1.76 bits per heavy atom. The average Bonchev–Trinajstić information content (AvgIpc) is 3.21. The third-order valence-electron chi connectivity index (χ3n) is 5.11. The molecular weight excluding hydrogens is 433 g/mol. The molecule has 2 heterocycles. The molecule has 2 aromatic carbocycles. The van der Waals surface area contributed by atoms with Crippen LogP contribution in [0.2, 0.25) is 0 Å². The van der Waals surface area contributed by atoms with E-state index in [4.69, 9.17) is 5.73 Å².